The number of carbonyl (C=O) groups excluding carboxylic acids is 1. The highest BCUT2D eigenvalue weighted by Crippen LogP contribution is 2.16. The van der Waals surface area contributed by atoms with Gasteiger partial charge < -0.3 is 9.73 Å². The van der Waals surface area contributed by atoms with Crippen molar-refractivity contribution in [1.82, 2.24) is 19.9 Å². The molecule has 0 saturated heterocycles. The first kappa shape index (κ1) is 49.6. The lowest BCUT2D eigenvalue weighted by atomic mass is 10.2. The van der Waals surface area contributed by atoms with E-state index in [0.717, 1.165) is 6.26 Å². The monoisotopic (exact) mass is 777 g/mol. The SMILES string of the molecule is CC.CN=C=O.CN=C=S.CNc1nc(Cl)nc(Cl)n1.CS(=O)(=O)CC(F)(F)F.CS(=O)(=O)Cl.O=c1[nH]c2ccccc2c(=O)o1. The molecule has 24 heteroatoms. The number of aliphatic imine (C=N–C) groups is 2. The summed E-state index contributed by atoms with van der Waals surface area (Å²) in [7, 11) is 2.04. The van der Waals surface area contributed by atoms with E-state index in [0.29, 0.717) is 23.1 Å². The number of H-pyrrole nitrogens is 1. The standard InChI is InChI=1S/C8H5NO3.C4H4Cl2N4.C3H5F3O2S.C2H3NO.C2H3NS.C2H6.CH3ClO2S/c10-7-5-3-1-2-4-6(5)9-8(11)12-7;1-7-4-9-2(5)8-3(6)10-4;1-9(7,8)2-3(4,5)6;2*1-3-2-4;1-2;1-5(2,3)4/h1-4H,(H,9,11);1H3,(H,7,8,9,10);2H2,1H3;2*1H3;1-2H3;1H3. The zero-order chi connectivity index (χ0) is 37.1. The quantitative estimate of drug-likeness (QED) is 0.161. The lowest BCUT2D eigenvalue weighted by molar-refractivity contribution is -0.106. The number of anilines is 1. The summed E-state index contributed by atoms with van der Waals surface area (Å²) in [5.41, 5.74) is -0.104. The van der Waals surface area contributed by atoms with Crippen molar-refractivity contribution in [2.75, 3.05) is 44.7 Å². The molecule has 0 aliphatic rings. The van der Waals surface area contributed by atoms with E-state index in [4.69, 9.17) is 28.0 Å². The van der Waals surface area contributed by atoms with Gasteiger partial charge in [-0.15, -0.1) is 0 Å². The number of nitrogens with zero attached hydrogens (tertiary/aromatic N) is 5. The molecule has 46 heavy (non-hydrogen) atoms. The zero-order valence-corrected chi connectivity index (χ0v) is 29.7. The lowest BCUT2D eigenvalue weighted by Gasteiger charge is -2.01. The average Bonchev–Trinajstić information content (AvgIpc) is 2.91. The van der Waals surface area contributed by atoms with Crippen LogP contribution in [0.25, 0.3) is 10.9 Å². The molecule has 0 bridgehead atoms. The van der Waals surface area contributed by atoms with Crippen molar-refractivity contribution in [3.05, 3.63) is 55.8 Å². The van der Waals surface area contributed by atoms with Gasteiger partial charge in [0, 0.05) is 38.1 Å². The Morgan fingerprint density at radius 3 is 1.72 bits per heavy atom. The predicted octanol–water partition coefficient (Wildman–Crippen LogP) is 4.18. The van der Waals surface area contributed by atoms with Crippen molar-refractivity contribution in [1.29, 1.82) is 0 Å². The van der Waals surface area contributed by atoms with Crippen molar-refractivity contribution < 1.29 is 39.2 Å². The van der Waals surface area contributed by atoms with E-state index in [2.05, 4.69) is 67.7 Å². The summed E-state index contributed by atoms with van der Waals surface area (Å²) in [6, 6.07) is 6.68. The van der Waals surface area contributed by atoms with Crippen LogP contribution in [-0.2, 0) is 23.7 Å². The maximum atomic E-state index is 11.2. The number of halogens is 6. The van der Waals surface area contributed by atoms with Crippen molar-refractivity contribution in [2.24, 2.45) is 9.98 Å². The number of sulfone groups is 1. The molecule has 2 aromatic heterocycles. The summed E-state index contributed by atoms with van der Waals surface area (Å²) in [5.74, 6) is -2.09. The molecule has 0 fully saturated rings. The van der Waals surface area contributed by atoms with Gasteiger partial charge in [0.15, 0.2) is 9.84 Å². The molecule has 0 aliphatic heterocycles. The van der Waals surface area contributed by atoms with Crippen LogP contribution in [0.3, 0.4) is 0 Å². The van der Waals surface area contributed by atoms with Crippen LogP contribution >= 0.6 is 46.1 Å². The number of benzene rings is 1. The highest BCUT2D eigenvalue weighted by atomic mass is 35.7. The predicted molar refractivity (Wildman–Crippen MR) is 175 cm³/mol. The molecule has 0 unspecified atom stereocenters. The van der Waals surface area contributed by atoms with E-state index in [1.54, 1.807) is 38.4 Å². The van der Waals surface area contributed by atoms with E-state index in [1.807, 2.05) is 13.8 Å². The van der Waals surface area contributed by atoms with Crippen LogP contribution < -0.4 is 16.7 Å². The molecule has 0 spiro atoms. The number of hydrogen-bond donors (Lipinski definition) is 2. The number of isothiocyanates is 1. The molecule has 15 nitrogen and oxygen atoms in total. The second kappa shape index (κ2) is 26.9. The van der Waals surface area contributed by atoms with E-state index in [-0.39, 0.29) is 10.6 Å². The summed E-state index contributed by atoms with van der Waals surface area (Å²) in [4.78, 5) is 50.2. The number of aromatic nitrogens is 4. The first-order valence-corrected chi connectivity index (χ1v) is 17.4. The first-order chi connectivity index (χ1) is 21.0. The van der Waals surface area contributed by atoms with Crippen LogP contribution in [0.5, 0.6) is 0 Å². The molecule has 2 heterocycles. The minimum Gasteiger partial charge on any atom is -0.372 e. The minimum absolute atomic E-state index is 0.0874. The summed E-state index contributed by atoms with van der Waals surface area (Å²) in [5, 5.41) is 5.38. The van der Waals surface area contributed by atoms with Gasteiger partial charge in [-0.1, -0.05) is 26.0 Å². The number of nitrogens with one attached hydrogen (secondary N) is 2. The molecule has 0 amide bonds. The summed E-state index contributed by atoms with van der Waals surface area (Å²) < 4.78 is 76.5. The van der Waals surface area contributed by atoms with Crippen molar-refractivity contribution in [2.45, 2.75) is 20.0 Å². The average molecular weight is 779 g/mol. The topological polar surface area (TPSA) is 224 Å². The lowest BCUT2D eigenvalue weighted by Crippen LogP contribution is -2.21. The molecule has 0 saturated carbocycles. The fraction of sp³-hybridized carbons (Fsp3) is 0.409. The van der Waals surface area contributed by atoms with Gasteiger partial charge in [0.25, 0.3) is 0 Å². The Labute approximate surface area is 281 Å². The highest BCUT2D eigenvalue weighted by molar-refractivity contribution is 8.13. The Bertz CT molecular complexity index is 1700. The molecule has 3 rings (SSSR count). The Hall–Kier alpha value is -3.29. The van der Waals surface area contributed by atoms with Crippen molar-refractivity contribution >= 4 is 93.1 Å². The zero-order valence-electron chi connectivity index (χ0n) is 25.0. The number of para-hydroxylation sites is 1. The third-order valence-corrected chi connectivity index (χ3v) is 4.35. The van der Waals surface area contributed by atoms with Crippen LogP contribution in [0.1, 0.15) is 13.8 Å². The molecule has 0 atom stereocenters. The summed E-state index contributed by atoms with van der Waals surface area (Å²) in [6.07, 6.45) is -1.83. The molecule has 260 valence electrons. The third kappa shape index (κ3) is 36.9. The van der Waals surface area contributed by atoms with Gasteiger partial charge in [-0.3, -0.25) is 4.98 Å². The molecule has 0 radical (unpaired) electrons. The van der Waals surface area contributed by atoms with Gasteiger partial charge in [-0.2, -0.15) is 28.1 Å². The van der Waals surface area contributed by atoms with Crippen LogP contribution in [0.2, 0.25) is 10.6 Å². The maximum absolute atomic E-state index is 11.2. The van der Waals surface area contributed by atoms with Crippen molar-refractivity contribution in [3.8, 4) is 0 Å². The number of hydrogen-bond acceptors (Lipinski definition) is 15. The smallest absolute Gasteiger partial charge is 0.372 e. The van der Waals surface area contributed by atoms with Crippen LogP contribution in [0.15, 0.2) is 48.3 Å². The molecular weight excluding hydrogens is 750 g/mol. The largest absolute Gasteiger partial charge is 0.419 e. The first-order valence-electron chi connectivity index (χ1n) is 11.5. The number of fused-ring (bicyclic) bond motifs is 1. The highest BCUT2D eigenvalue weighted by Gasteiger charge is 2.32. The Kier molecular flexibility index (Phi) is 29.0. The van der Waals surface area contributed by atoms with Crippen LogP contribution in [0, 0.1) is 0 Å². The van der Waals surface area contributed by atoms with Gasteiger partial charge >= 0.3 is 17.6 Å². The second-order valence-corrected chi connectivity index (χ2v) is 12.8. The number of rotatable bonds is 2. The van der Waals surface area contributed by atoms with Crippen LogP contribution in [0.4, 0.5) is 19.1 Å². The van der Waals surface area contributed by atoms with Crippen LogP contribution in [-0.4, -0.2) is 93.6 Å². The summed E-state index contributed by atoms with van der Waals surface area (Å²) in [6.45, 7) is 4.00. The van der Waals surface area contributed by atoms with Gasteiger partial charge in [0.05, 0.1) is 22.3 Å². The number of thiocarbonyl (C=S) groups is 1. The van der Waals surface area contributed by atoms with E-state index >= 15 is 0 Å². The Balaban J connectivity index is -0.000000239. The number of isocyanates is 1. The van der Waals surface area contributed by atoms with Gasteiger partial charge in [0.2, 0.25) is 31.6 Å². The van der Waals surface area contributed by atoms with Crippen molar-refractivity contribution in [3.63, 3.8) is 0 Å². The fourth-order valence-electron chi connectivity index (χ4n) is 1.78. The molecule has 3 aromatic rings. The summed E-state index contributed by atoms with van der Waals surface area (Å²) >= 11 is 15.0. The maximum Gasteiger partial charge on any atom is 0.419 e. The fourth-order valence-corrected chi connectivity index (χ4v) is 2.74. The van der Waals surface area contributed by atoms with E-state index < -0.39 is 42.2 Å². The van der Waals surface area contributed by atoms with E-state index in [1.165, 1.54) is 13.1 Å². The third-order valence-electron chi connectivity index (χ3n) is 2.98. The molecular formula is C22H29Cl3F3N7O8S3. The minimum atomic E-state index is -4.60. The Morgan fingerprint density at radius 1 is 1.00 bits per heavy atom. The molecule has 0 aliphatic carbocycles. The van der Waals surface area contributed by atoms with Gasteiger partial charge in [-0.25, -0.2) is 41.2 Å². The molecule has 1 aromatic carbocycles. The second-order valence-electron chi connectivity index (χ2n) is 6.79. The van der Waals surface area contributed by atoms with Gasteiger partial charge in [-0.05, 0) is 47.6 Å². The Morgan fingerprint density at radius 2 is 1.41 bits per heavy atom. The van der Waals surface area contributed by atoms with Gasteiger partial charge in [0.1, 0.15) is 5.75 Å². The number of aromatic amines is 1. The molecule has 2 N–H and O–H groups in total. The normalized spacial score (nSPS) is 9.59. The van der Waals surface area contributed by atoms with E-state index in [9.17, 15) is 39.6 Å². The number of alkyl halides is 3.